The van der Waals surface area contributed by atoms with E-state index < -0.39 is 0 Å². The molecular formula is C19H18N2O3. The number of anilines is 1. The van der Waals surface area contributed by atoms with Crippen molar-refractivity contribution in [3.63, 3.8) is 0 Å². The number of nitrogens with zero attached hydrogens (tertiary/aromatic N) is 1. The molecule has 0 spiro atoms. The second-order valence-electron chi connectivity index (χ2n) is 5.34. The molecule has 2 aromatic rings. The van der Waals surface area contributed by atoms with Crippen molar-refractivity contribution in [1.82, 2.24) is 0 Å². The molecule has 2 N–H and O–H groups in total. The Morgan fingerprint density at radius 1 is 1.12 bits per heavy atom. The van der Waals surface area contributed by atoms with Crippen LogP contribution in [0.1, 0.15) is 35.2 Å². The Hall–Kier alpha value is -3.13. The van der Waals surface area contributed by atoms with Crippen LogP contribution in [-0.2, 0) is 9.53 Å². The lowest BCUT2D eigenvalue weighted by Crippen LogP contribution is -2.04. The maximum atomic E-state index is 12.2. The summed E-state index contributed by atoms with van der Waals surface area (Å²) in [4.78, 5) is 23.2. The summed E-state index contributed by atoms with van der Waals surface area (Å²) < 4.78 is 4.55. The van der Waals surface area contributed by atoms with E-state index in [1.165, 1.54) is 7.11 Å². The van der Waals surface area contributed by atoms with Gasteiger partial charge in [-0.3, -0.25) is 9.59 Å². The number of benzene rings is 2. The summed E-state index contributed by atoms with van der Waals surface area (Å²) in [6.07, 6.45) is 0.939. The minimum absolute atomic E-state index is 0.0584. The summed E-state index contributed by atoms with van der Waals surface area (Å²) in [6, 6.07) is 14.3. The van der Waals surface area contributed by atoms with Crippen molar-refractivity contribution >= 4 is 17.4 Å². The van der Waals surface area contributed by atoms with Crippen LogP contribution in [0, 0.1) is 11.3 Å². The largest absolute Gasteiger partial charge is 0.469 e. The van der Waals surface area contributed by atoms with Crippen LogP contribution in [0.25, 0.3) is 11.1 Å². The van der Waals surface area contributed by atoms with Crippen molar-refractivity contribution < 1.29 is 14.3 Å². The smallest absolute Gasteiger partial charge is 0.305 e. The van der Waals surface area contributed by atoms with Gasteiger partial charge >= 0.3 is 5.97 Å². The molecule has 0 saturated heterocycles. The molecule has 0 heterocycles. The maximum Gasteiger partial charge on any atom is 0.305 e. The fourth-order valence-electron chi connectivity index (χ4n) is 2.36. The van der Waals surface area contributed by atoms with Crippen LogP contribution in [-0.4, -0.2) is 18.9 Å². The first-order chi connectivity index (χ1) is 11.5. The summed E-state index contributed by atoms with van der Waals surface area (Å²) in [6.45, 7) is 0. The molecule has 2 aromatic carbocycles. The summed E-state index contributed by atoms with van der Waals surface area (Å²) in [7, 11) is 1.33. The molecule has 0 aromatic heterocycles. The van der Waals surface area contributed by atoms with Gasteiger partial charge in [0.2, 0.25) is 0 Å². The van der Waals surface area contributed by atoms with E-state index in [2.05, 4.69) is 10.8 Å². The molecule has 0 atom stereocenters. The van der Waals surface area contributed by atoms with Crippen LogP contribution in [0.15, 0.2) is 42.5 Å². The molecule has 0 fully saturated rings. The van der Waals surface area contributed by atoms with Crippen LogP contribution in [0.3, 0.4) is 0 Å². The number of carbonyl (C=O) groups excluding carboxylic acids is 2. The molecule has 122 valence electrons. The molecule has 0 aliphatic carbocycles. The topological polar surface area (TPSA) is 93.2 Å². The molecule has 5 nitrogen and oxygen atoms in total. The van der Waals surface area contributed by atoms with E-state index in [0.717, 1.165) is 11.1 Å². The predicted molar refractivity (Wildman–Crippen MR) is 91.2 cm³/mol. The quantitative estimate of drug-likeness (QED) is 0.500. The van der Waals surface area contributed by atoms with Gasteiger partial charge in [-0.05, 0) is 30.2 Å². The summed E-state index contributed by atoms with van der Waals surface area (Å²) >= 11 is 0. The Balaban J connectivity index is 2.10. The second kappa shape index (κ2) is 7.93. The van der Waals surface area contributed by atoms with Gasteiger partial charge in [-0.2, -0.15) is 5.26 Å². The number of ether oxygens (including phenoxy) is 1. The SMILES string of the molecule is COC(=O)CCCC(=O)c1ccc(-c2ccc(C#N)cc2)c(N)c1. The van der Waals surface area contributed by atoms with Crippen LogP contribution in [0.4, 0.5) is 5.69 Å². The first-order valence-corrected chi connectivity index (χ1v) is 7.55. The van der Waals surface area contributed by atoms with Gasteiger partial charge in [-0.15, -0.1) is 0 Å². The normalized spacial score (nSPS) is 10.0. The average Bonchev–Trinajstić information content (AvgIpc) is 2.61. The van der Waals surface area contributed by atoms with E-state index in [9.17, 15) is 9.59 Å². The summed E-state index contributed by atoms with van der Waals surface area (Å²) in [5, 5.41) is 8.83. The van der Waals surface area contributed by atoms with E-state index in [4.69, 9.17) is 11.0 Å². The predicted octanol–water partition coefficient (Wildman–Crippen LogP) is 3.33. The van der Waals surface area contributed by atoms with E-state index in [1.54, 1.807) is 30.3 Å². The Labute approximate surface area is 140 Å². The van der Waals surface area contributed by atoms with E-state index >= 15 is 0 Å². The molecule has 0 amide bonds. The number of esters is 1. The zero-order valence-electron chi connectivity index (χ0n) is 13.4. The average molecular weight is 322 g/mol. The highest BCUT2D eigenvalue weighted by Crippen LogP contribution is 2.27. The highest BCUT2D eigenvalue weighted by Gasteiger charge is 2.11. The van der Waals surface area contributed by atoms with Crippen molar-refractivity contribution in [3.8, 4) is 17.2 Å². The number of hydrogen-bond acceptors (Lipinski definition) is 5. The van der Waals surface area contributed by atoms with Gasteiger partial charge in [0.25, 0.3) is 0 Å². The Kier molecular flexibility index (Phi) is 5.69. The fourth-order valence-corrected chi connectivity index (χ4v) is 2.36. The van der Waals surface area contributed by atoms with Crippen LogP contribution < -0.4 is 5.73 Å². The molecule has 0 aliphatic rings. The Morgan fingerprint density at radius 2 is 1.83 bits per heavy atom. The minimum Gasteiger partial charge on any atom is -0.469 e. The van der Waals surface area contributed by atoms with Gasteiger partial charge in [-0.1, -0.05) is 24.3 Å². The lowest BCUT2D eigenvalue weighted by molar-refractivity contribution is -0.140. The standard InChI is InChI=1S/C19H18N2O3/c1-24-19(23)4-2-3-18(22)15-9-10-16(17(21)11-15)14-7-5-13(12-20)6-8-14/h5-11H,2-4,21H2,1H3. The number of nitrogen functional groups attached to an aromatic ring is 1. The number of nitrogens with two attached hydrogens (primary N) is 1. The number of ketones is 1. The number of rotatable bonds is 6. The number of nitriles is 1. The number of carbonyl (C=O) groups is 2. The third-order valence-corrected chi connectivity index (χ3v) is 3.71. The number of hydrogen-bond donors (Lipinski definition) is 1. The van der Waals surface area contributed by atoms with E-state index in [-0.39, 0.29) is 24.6 Å². The number of Topliss-reactive ketones (excluding diaryl/α,β-unsaturated/α-hetero) is 1. The summed E-state index contributed by atoms with van der Waals surface area (Å²) in [5.41, 5.74) is 9.36. The highest BCUT2D eigenvalue weighted by atomic mass is 16.5. The van der Waals surface area contributed by atoms with Crippen LogP contribution in [0.5, 0.6) is 0 Å². The maximum absolute atomic E-state index is 12.2. The van der Waals surface area contributed by atoms with Gasteiger partial charge < -0.3 is 10.5 Å². The third-order valence-electron chi connectivity index (χ3n) is 3.71. The van der Waals surface area contributed by atoms with Crippen molar-refractivity contribution in [3.05, 3.63) is 53.6 Å². The first-order valence-electron chi connectivity index (χ1n) is 7.55. The molecular weight excluding hydrogens is 304 g/mol. The highest BCUT2D eigenvalue weighted by molar-refractivity contribution is 5.98. The molecule has 0 bridgehead atoms. The zero-order valence-corrected chi connectivity index (χ0v) is 13.4. The molecule has 0 radical (unpaired) electrons. The number of methoxy groups -OCH3 is 1. The van der Waals surface area contributed by atoms with Crippen molar-refractivity contribution in [1.29, 1.82) is 5.26 Å². The van der Waals surface area contributed by atoms with Gasteiger partial charge in [0.05, 0.1) is 18.7 Å². The molecule has 0 aliphatic heterocycles. The minimum atomic E-state index is -0.321. The monoisotopic (exact) mass is 322 g/mol. The molecule has 24 heavy (non-hydrogen) atoms. The van der Waals surface area contributed by atoms with Crippen molar-refractivity contribution in [2.75, 3.05) is 12.8 Å². The second-order valence-corrected chi connectivity index (χ2v) is 5.34. The van der Waals surface area contributed by atoms with Crippen molar-refractivity contribution in [2.45, 2.75) is 19.3 Å². The van der Waals surface area contributed by atoms with Gasteiger partial charge in [0.15, 0.2) is 5.78 Å². The molecule has 0 saturated carbocycles. The molecule has 2 rings (SSSR count). The molecule has 0 unspecified atom stereocenters. The van der Waals surface area contributed by atoms with Crippen LogP contribution in [0.2, 0.25) is 0 Å². The lowest BCUT2D eigenvalue weighted by atomic mass is 9.98. The zero-order chi connectivity index (χ0) is 17.5. The van der Waals surface area contributed by atoms with Crippen LogP contribution >= 0.6 is 0 Å². The molecule has 5 heteroatoms. The van der Waals surface area contributed by atoms with E-state index in [0.29, 0.717) is 23.2 Å². The van der Waals surface area contributed by atoms with E-state index in [1.807, 2.05) is 12.1 Å². The Morgan fingerprint density at radius 3 is 2.42 bits per heavy atom. The lowest BCUT2D eigenvalue weighted by Gasteiger charge is -2.08. The van der Waals surface area contributed by atoms with Gasteiger partial charge in [0, 0.05) is 29.7 Å². The first kappa shape index (κ1) is 17.2. The fraction of sp³-hybridized carbons (Fsp3) is 0.211. The van der Waals surface area contributed by atoms with Gasteiger partial charge in [0.1, 0.15) is 0 Å². The Bertz CT molecular complexity index is 789. The van der Waals surface area contributed by atoms with Gasteiger partial charge in [-0.25, -0.2) is 0 Å². The summed E-state index contributed by atoms with van der Waals surface area (Å²) in [5.74, 6) is -0.379. The third kappa shape index (κ3) is 4.20. The van der Waals surface area contributed by atoms with Crippen molar-refractivity contribution in [2.24, 2.45) is 0 Å².